The van der Waals surface area contributed by atoms with Crippen molar-refractivity contribution in [3.63, 3.8) is 0 Å². The molecule has 2 rings (SSSR count). The van der Waals surface area contributed by atoms with E-state index in [1.54, 1.807) is 7.11 Å². The first-order valence-corrected chi connectivity index (χ1v) is 11.1. The molecule has 2 aromatic rings. The molecule has 0 amide bonds. The van der Waals surface area contributed by atoms with Gasteiger partial charge in [-0.05, 0) is 50.3 Å². The Kier molecular flexibility index (Phi) is 10.3. The summed E-state index contributed by atoms with van der Waals surface area (Å²) < 4.78 is 13.0. The maximum Gasteiger partial charge on any atom is 0.191 e. The van der Waals surface area contributed by atoms with E-state index in [-0.39, 0.29) is 6.10 Å². The molecule has 1 aromatic heterocycles. The largest absolute Gasteiger partial charge is 0.497 e. The van der Waals surface area contributed by atoms with Crippen LogP contribution in [0.2, 0.25) is 0 Å². The molecule has 0 aliphatic rings. The number of nitrogens with zero attached hydrogens (tertiary/aromatic N) is 4. The van der Waals surface area contributed by atoms with Gasteiger partial charge in [-0.25, -0.2) is 4.99 Å². The Morgan fingerprint density at radius 3 is 2.42 bits per heavy atom. The van der Waals surface area contributed by atoms with Gasteiger partial charge in [0.25, 0.3) is 0 Å². The van der Waals surface area contributed by atoms with E-state index in [1.165, 1.54) is 5.56 Å². The Balaban J connectivity index is 1.95. The molecule has 1 unspecified atom stereocenters. The van der Waals surface area contributed by atoms with Gasteiger partial charge >= 0.3 is 0 Å². The molecule has 1 aromatic carbocycles. The molecular weight excluding hydrogens is 392 g/mol. The zero-order valence-electron chi connectivity index (χ0n) is 19.8. The SMILES string of the molecule is CCOC(CCNC(=NCc1nnc(C)n1C)NCCc1ccc(OC)cc1)C(C)C. The van der Waals surface area contributed by atoms with Crippen molar-refractivity contribution in [2.24, 2.45) is 18.0 Å². The third-order valence-corrected chi connectivity index (χ3v) is 5.27. The van der Waals surface area contributed by atoms with Crippen LogP contribution in [0, 0.1) is 12.8 Å². The average molecular weight is 431 g/mol. The number of hydrogen-bond acceptors (Lipinski definition) is 5. The standard InChI is InChI=1S/C23H38N6O2/c1-7-31-21(17(2)3)13-15-25-23(26-16-22-28-27-18(4)29(22)5)24-14-12-19-8-10-20(30-6)11-9-19/h8-11,17,21H,7,12-16H2,1-6H3,(H2,24,25,26). The van der Waals surface area contributed by atoms with E-state index in [0.717, 1.165) is 55.9 Å². The minimum Gasteiger partial charge on any atom is -0.497 e. The Morgan fingerprint density at radius 2 is 1.84 bits per heavy atom. The molecule has 31 heavy (non-hydrogen) atoms. The molecule has 8 nitrogen and oxygen atoms in total. The molecule has 0 saturated carbocycles. The summed E-state index contributed by atoms with van der Waals surface area (Å²) in [5.41, 5.74) is 1.24. The number of nitrogens with one attached hydrogen (secondary N) is 2. The van der Waals surface area contributed by atoms with E-state index >= 15 is 0 Å². The first-order valence-electron chi connectivity index (χ1n) is 11.1. The number of aliphatic imine (C=N–C) groups is 1. The predicted molar refractivity (Wildman–Crippen MR) is 124 cm³/mol. The molecular formula is C23H38N6O2. The second-order valence-electron chi connectivity index (χ2n) is 7.87. The van der Waals surface area contributed by atoms with E-state index in [9.17, 15) is 0 Å². The van der Waals surface area contributed by atoms with Gasteiger partial charge in [0.1, 0.15) is 18.1 Å². The smallest absolute Gasteiger partial charge is 0.191 e. The van der Waals surface area contributed by atoms with Crippen LogP contribution in [0.15, 0.2) is 29.3 Å². The summed E-state index contributed by atoms with van der Waals surface area (Å²) in [5.74, 6) is 3.83. The molecule has 1 heterocycles. The van der Waals surface area contributed by atoms with E-state index in [2.05, 4.69) is 46.8 Å². The Labute approximate surface area is 186 Å². The fourth-order valence-corrected chi connectivity index (χ4v) is 3.19. The van der Waals surface area contributed by atoms with Crippen molar-refractivity contribution in [2.75, 3.05) is 26.8 Å². The van der Waals surface area contributed by atoms with Crippen molar-refractivity contribution in [1.82, 2.24) is 25.4 Å². The van der Waals surface area contributed by atoms with Gasteiger partial charge in [0.05, 0.1) is 13.2 Å². The summed E-state index contributed by atoms with van der Waals surface area (Å²) in [5, 5.41) is 15.2. The highest BCUT2D eigenvalue weighted by Gasteiger charge is 2.13. The molecule has 0 fully saturated rings. The van der Waals surface area contributed by atoms with E-state index in [0.29, 0.717) is 12.5 Å². The minimum atomic E-state index is 0.236. The molecule has 0 radical (unpaired) electrons. The molecule has 0 aliphatic heterocycles. The summed E-state index contributed by atoms with van der Waals surface area (Å²) in [4.78, 5) is 4.72. The highest BCUT2D eigenvalue weighted by Crippen LogP contribution is 2.12. The topological polar surface area (TPSA) is 85.6 Å². The summed E-state index contributed by atoms with van der Waals surface area (Å²) in [6.45, 7) is 11.1. The molecule has 0 aliphatic carbocycles. The van der Waals surface area contributed by atoms with Gasteiger partial charge in [-0.2, -0.15) is 0 Å². The van der Waals surface area contributed by atoms with Crippen LogP contribution in [0.1, 0.15) is 44.4 Å². The van der Waals surface area contributed by atoms with Crippen LogP contribution in [0.4, 0.5) is 0 Å². The van der Waals surface area contributed by atoms with Crippen molar-refractivity contribution >= 4 is 5.96 Å². The van der Waals surface area contributed by atoms with Crippen molar-refractivity contribution in [2.45, 2.75) is 53.2 Å². The number of methoxy groups -OCH3 is 1. The molecule has 2 N–H and O–H groups in total. The molecule has 0 spiro atoms. The van der Waals surface area contributed by atoms with Gasteiger partial charge in [-0.3, -0.25) is 0 Å². The fraction of sp³-hybridized carbons (Fsp3) is 0.609. The summed E-state index contributed by atoms with van der Waals surface area (Å²) >= 11 is 0. The average Bonchev–Trinajstić information content (AvgIpc) is 3.09. The first kappa shape index (κ1) is 24.7. The van der Waals surface area contributed by atoms with Crippen LogP contribution in [0.5, 0.6) is 5.75 Å². The molecule has 0 bridgehead atoms. The Hall–Kier alpha value is -2.61. The van der Waals surface area contributed by atoms with E-state index in [1.807, 2.05) is 37.6 Å². The number of rotatable bonds is 12. The lowest BCUT2D eigenvalue weighted by Crippen LogP contribution is -2.40. The van der Waals surface area contributed by atoms with E-state index in [4.69, 9.17) is 14.5 Å². The maximum absolute atomic E-state index is 5.86. The van der Waals surface area contributed by atoms with Crippen LogP contribution < -0.4 is 15.4 Å². The predicted octanol–water partition coefficient (Wildman–Crippen LogP) is 2.86. The number of hydrogen-bond donors (Lipinski definition) is 2. The van der Waals surface area contributed by atoms with E-state index < -0.39 is 0 Å². The van der Waals surface area contributed by atoms with Crippen LogP contribution >= 0.6 is 0 Å². The number of guanidine groups is 1. The lowest BCUT2D eigenvalue weighted by atomic mass is 10.0. The highest BCUT2D eigenvalue weighted by molar-refractivity contribution is 5.79. The summed E-state index contributed by atoms with van der Waals surface area (Å²) in [6, 6.07) is 8.14. The third-order valence-electron chi connectivity index (χ3n) is 5.27. The van der Waals surface area contributed by atoms with Gasteiger partial charge < -0.3 is 24.7 Å². The zero-order valence-corrected chi connectivity index (χ0v) is 19.8. The van der Waals surface area contributed by atoms with Crippen LogP contribution in [-0.4, -0.2) is 53.6 Å². The lowest BCUT2D eigenvalue weighted by Gasteiger charge is -2.21. The van der Waals surface area contributed by atoms with Gasteiger partial charge in [0.15, 0.2) is 11.8 Å². The quantitative estimate of drug-likeness (QED) is 0.398. The van der Waals surface area contributed by atoms with Crippen molar-refractivity contribution in [3.05, 3.63) is 41.5 Å². The van der Waals surface area contributed by atoms with Gasteiger partial charge in [0.2, 0.25) is 0 Å². The molecule has 8 heteroatoms. The second kappa shape index (κ2) is 12.9. The number of aromatic nitrogens is 3. The Morgan fingerprint density at radius 1 is 1.13 bits per heavy atom. The van der Waals surface area contributed by atoms with Crippen LogP contribution in [0.3, 0.4) is 0 Å². The van der Waals surface area contributed by atoms with Gasteiger partial charge in [-0.15, -0.1) is 10.2 Å². The Bertz CT molecular complexity index is 801. The summed E-state index contributed by atoms with van der Waals surface area (Å²) in [7, 11) is 3.64. The monoisotopic (exact) mass is 430 g/mol. The minimum absolute atomic E-state index is 0.236. The van der Waals surface area contributed by atoms with Gasteiger partial charge in [0, 0.05) is 26.7 Å². The molecule has 172 valence electrons. The second-order valence-corrected chi connectivity index (χ2v) is 7.87. The number of ether oxygens (including phenoxy) is 2. The maximum atomic E-state index is 5.86. The highest BCUT2D eigenvalue weighted by atomic mass is 16.5. The normalized spacial score (nSPS) is 12.8. The summed E-state index contributed by atoms with van der Waals surface area (Å²) in [6.07, 6.45) is 2.05. The molecule has 1 atom stereocenters. The van der Waals surface area contributed by atoms with Gasteiger partial charge in [-0.1, -0.05) is 26.0 Å². The van der Waals surface area contributed by atoms with Crippen molar-refractivity contribution in [1.29, 1.82) is 0 Å². The zero-order chi connectivity index (χ0) is 22.6. The molecule has 0 saturated heterocycles. The number of benzene rings is 1. The van der Waals surface area contributed by atoms with Crippen LogP contribution in [-0.2, 0) is 24.8 Å². The van der Waals surface area contributed by atoms with Crippen molar-refractivity contribution in [3.8, 4) is 5.75 Å². The fourth-order valence-electron chi connectivity index (χ4n) is 3.19. The van der Waals surface area contributed by atoms with Crippen LogP contribution in [0.25, 0.3) is 0 Å². The lowest BCUT2D eigenvalue weighted by molar-refractivity contribution is 0.0258. The van der Waals surface area contributed by atoms with Crippen molar-refractivity contribution < 1.29 is 9.47 Å². The number of aryl methyl sites for hydroxylation is 1. The first-order chi connectivity index (χ1) is 14.9. The third kappa shape index (κ3) is 8.20.